The number of hydrogen-bond acceptors (Lipinski definition) is 4. The molecule has 2 N–H and O–H groups in total. The summed E-state index contributed by atoms with van der Waals surface area (Å²) in [5.41, 5.74) is 0.804. The van der Waals surface area contributed by atoms with E-state index in [1.54, 1.807) is 19.1 Å². The van der Waals surface area contributed by atoms with Crippen molar-refractivity contribution in [1.82, 2.24) is 15.5 Å². The van der Waals surface area contributed by atoms with E-state index in [1.165, 1.54) is 6.07 Å². The van der Waals surface area contributed by atoms with Crippen LogP contribution in [0, 0.1) is 18.7 Å². The number of piperidine rings is 1. The van der Waals surface area contributed by atoms with Gasteiger partial charge in [-0.25, -0.2) is 4.39 Å². The zero-order chi connectivity index (χ0) is 21.2. The van der Waals surface area contributed by atoms with E-state index in [9.17, 15) is 14.0 Å². The van der Waals surface area contributed by atoms with Crippen molar-refractivity contribution in [2.24, 2.45) is 10.9 Å². The van der Waals surface area contributed by atoms with E-state index < -0.39 is 5.82 Å². The highest BCUT2D eigenvalue weighted by molar-refractivity contribution is 14.0. The quantitative estimate of drug-likeness (QED) is 0.185. The molecule has 1 aliphatic rings. The standard InChI is InChI=1S/C21H31FN4O3.HI/c1-4-23-21(26-12-8-16(9-13-26)20(28)29-5-2)25-11-10-24-19(27)17-7-6-15(3)18(22)14-17;/h6-7,14,16H,4-5,8-13H2,1-3H3,(H,23,25)(H,24,27);1H. The monoisotopic (exact) mass is 534 g/mol. The summed E-state index contributed by atoms with van der Waals surface area (Å²) in [5.74, 6) is -0.117. The van der Waals surface area contributed by atoms with Gasteiger partial charge in [-0.15, -0.1) is 24.0 Å². The first-order valence-corrected chi connectivity index (χ1v) is 10.2. The molecule has 0 radical (unpaired) electrons. The molecular weight excluding hydrogens is 502 g/mol. The second kappa shape index (κ2) is 13.4. The van der Waals surface area contributed by atoms with Crippen molar-refractivity contribution in [3.05, 3.63) is 35.1 Å². The molecule has 1 aliphatic heterocycles. The van der Waals surface area contributed by atoms with E-state index in [0.717, 1.165) is 38.4 Å². The summed E-state index contributed by atoms with van der Waals surface area (Å²) in [6.07, 6.45) is 1.47. The molecule has 2 rings (SSSR count). The number of hydrogen-bond donors (Lipinski definition) is 2. The summed E-state index contributed by atoms with van der Waals surface area (Å²) >= 11 is 0. The summed E-state index contributed by atoms with van der Waals surface area (Å²) in [6, 6.07) is 4.44. The van der Waals surface area contributed by atoms with E-state index in [4.69, 9.17) is 4.74 Å². The molecule has 1 heterocycles. The van der Waals surface area contributed by atoms with Crippen LogP contribution < -0.4 is 10.6 Å². The maximum absolute atomic E-state index is 13.6. The van der Waals surface area contributed by atoms with Crippen molar-refractivity contribution in [2.45, 2.75) is 33.6 Å². The number of aryl methyl sites for hydroxylation is 1. The number of amides is 1. The minimum atomic E-state index is -0.392. The van der Waals surface area contributed by atoms with E-state index in [0.29, 0.717) is 30.8 Å². The van der Waals surface area contributed by atoms with E-state index in [2.05, 4.69) is 20.5 Å². The van der Waals surface area contributed by atoms with Crippen LogP contribution in [0.25, 0.3) is 0 Å². The average Bonchev–Trinajstić information content (AvgIpc) is 2.72. The van der Waals surface area contributed by atoms with Gasteiger partial charge in [0.1, 0.15) is 5.82 Å². The molecule has 0 aliphatic carbocycles. The fraction of sp³-hybridized carbons (Fsp3) is 0.571. The lowest BCUT2D eigenvalue weighted by Crippen LogP contribution is -2.47. The Kier molecular flexibility index (Phi) is 11.7. The molecule has 1 fully saturated rings. The van der Waals surface area contributed by atoms with Crippen molar-refractivity contribution in [2.75, 3.05) is 39.3 Å². The second-order valence-electron chi connectivity index (χ2n) is 6.97. The molecule has 0 saturated carbocycles. The van der Waals surface area contributed by atoms with Gasteiger partial charge in [-0.1, -0.05) is 6.07 Å². The fourth-order valence-corrected chi connectivity index (χ4v) is 3.18. The van der Waals surface area contributed by atoms with Crippen molar-refractivity contribution < 1.29 is 18.7 Å². The van der Waals surface area contributed by atoms with Gasteiger partial charge in [-0.2, -0.15) is 0 Å². The van der Waals surface area contributed by atoms with Gasteiger partial charge in [0.15, 0.2) is 5.96 Å². The van der Waals surface area contributed by atoms with Gasteiger partial charge >= 0.3 is 5.97 Å². The largest absolute Gasteiger partial charge is 0.466 e. The van der Waals surface area contributed by atoms with Crippen LogP contribution in [0.5, 0.6) is 0 Å². The lowest BCUT2D eigenvalue weighted by molar-refractivity contribution is -0.149. The molecule has 1 aromatic rings. The molecule has 0 bridgehead atoms. The lowest BCUT2D eigenvalue weighted by Gasteiger charge is -2.33. The van der Waals surface area contributed by atoms with E-state index >= 15 is 0 Å². The Balaban J connectivity index is 0.00000450. The summed E-state index contributed by atoms with van der Waals surface area (Å²) in [5, 5.41) is 6.01. The van der Waals surface area contributed by atoms with Crippen LogP contribution in [0.4, 0.5) is 4.39 Å². The summed E-state index contributed by atoms with van der Waals surface area (Å²) in [7, 11) is 0. The van der Waals surface area contributed by atoms with E-state index in [-0.39, 0.29) is 41.8 Å². The van der Waals surface area contributed by atoms with Crippen molar-refractivity contribution >= 4 is 41.8 Å². The summed E-state index contributed by atoms with van der Waals surface area (Å²) in [4.78, 5) is 30.7. The van der Waals surface area contributed by atoms with Gasteiger partial charge in [0, 0.05) is 31.7 Å². The van der Waals surface area contributed by atoms with Gasteiger partial charge in [0.25, 0.3) is 5.91 Å². The highest BCUT2D eigenvalue weighted by atomic mass is 127. The zero-order valence-electron chi connectivity index (χ0n) is 17.9. The summed E-state index contributed by atoms with van der Waals surface area (Å²) < 4.78 is 18.7. The van der Waals surface area contributed by atoms with Gasteiger partial charge in [-0.3, -0.25) is 14.6 Å². The molecule has 30 heavy (non-hydrogen) atoms. The molecule has 0 aromatic heterocycles. The third-order valence-corrected chi connectivity index (χ3v) is 4.84. The SMILES string of the molecule is CCNC(=NCCNC(=O)c1ccc(C)c(F)c1)N1CCC(C(=O)OCC)CC1.I. The topological polar surface area (TPSA) is 83.0 Å². The molecule has 1 amide bonds. The third kappa shape index (κ3) is 7.73. The van der Waals surface area contributed by atoms with Crippen LogP contribution in [-0.2, 0) is 9.53 Å². The van der Waals surface area contributed by atoms with Crippen LogP contribution in [0.15, 0.2) is 23.2 Å². The highest BCUT2D eigenvalue weighted by Crippen LogP contribution is 2.18. The van der Waals surface area contributed by atoms with Crippen molar-refractivity contribution in [1.29, 1.82) is 0 Å². The third-order valence-electron chi connectivity index (χ3n) is 4.84. The minimum Gasteiger partial charge on any atom is -0.466 e. The predicted molar refractivity (Wildman–Crippen MR) is 126 cm³/mol. The molecule has 0 atom stereocenters. The Labute approximate surface area is 194 Å². The second-order valence-corrected chi connectivity index (χ2v) is 6.97. The Bertz CT molecular complexity index is 737. The number of ether oxygens (including phenoxy) is 1. The van der Waals surface area contributed by atoms with Crippen molar-refractivity contribution in [3.8, 4) is 0 Å². The zero-order valence-corrected chi connectivity index (χ0v) is 20.2. The molecule has 0 unspecified atom stereocenters. The average molecular weight is 534 g/mol. The fourth-order valence-electron chi connectivity index (χ4n) is 3.18. The Morgan fingerprint density at radius 1 is 1.23 bits per heavy atom. The van der Waals surface area contributed by atoms with Gasteiger partial charge in [0.05, 0.1) is 19.1 Å². The number of halogens is 2. The van der Waals surface area contributed by atoms with Crippen molar-refractivity contribution in [3.63, 3.8) is 0 Å². The van der Waals surface area contributed by atoms with E-state index in [1.807, 2.05) is 13.8 Å². The first-order valence-electron chi connectivity index (χ1n) is 10.2. The van der Waals surface area contributed by atoms with Gasteiger partial charge < -0.3 is 20.3 Å². The molecule has 9 heteroatoms. The number of aliphatic imine (C=N–C) groups is 1. The molecule has 0 spiro atoms. The number of nitrogens with zero attached hydrogens (tertiary/aromatic N) is 2. The smallest absolute Gasteiger partial charge is 0.309 e. The number of likely N-dealkylation sites (tertiary alicyclic amines) is 1. The molecule has 1 saturated heterocycles. The first kappa shape index (κ1) is 26.1. The number of rotatable bonds is 7. The maximum atomic E-state index is 13.6. The summed E-state index contributed by atoms with van der Waals surface area (Å²) in [6.45, 7) is 8.81. The predicted octanol–water partition coefficient (Wildman–Crippen LogP) is 2.72. The number of benzene rings is 1. The number of carbonyl (C=O) groups is 2. The Morgan fingerprint density at radius 2 is 1.93 bits per heavy atom. The lowest BCUT2D eigenvalue weighted by atomic mass is 9.97. The minimum absolute atomic E-state index is 0. The van der Waals surface area contributed by atoms with Crippen LogP contribution in [0.2, 0.25) is 0 Å². The van der Waals surface area contributed by atoms with Crippen LogP contribution >= 0.6 is 24.0 Å². The Hall–Kier alpha value is -1.91. The molecular formula is C21H32FIN4O3. The van der Waals surface area contributed by atoms with Gasteiger partial charge in [0.2, 0.25) is 0 Å². The van der Waals surface area contributed by atoms with Gasteiger partial charge in [-0.05, 0) is 51.3 Å². The molecule has 7 nitrogen and oxygen atoms in total. The number of guanidine groups is 1. The molecule has 1 aromatic carbocycles. The molecule has 168 valence electrons. The number of nitrogens with one attached hydrogen (secondary N) is 2. The highest BCUT2D eigenvalue weighted by Gasteiger charge is 2.27. The van der Waals surface area contributed by atoms with Crippen LogP contribution in [0.3, 0.4) is 0 Å². The normalized spacial score (nSPS) is 14.7. The maximum Gasteiger partial charge on any atom is 0.309 e. The Morgan fingerprint density at radius 3 is 2.53 bits per heavy atom. The van der Waals surface area contributed by atoms with Crippen LogP contribution in [-0.4, -0.2) is 62.1 Å². The number of carbonyl (C=O) groups excluding carboxylic acids is 2. The van der Waals surface area contributed by atoms with Crippen LogP contribution in [0.1, 0.15) is 42.6 Å². The number of esters is 1. The first-order chi connectivity index (χ1) is 14.0.